The van der Waals surface area contributed by atoms with Gasteiger partial charge in [0.25, 0.3) is 0 Å². The molecule has 5 nitrogen and oxygen atoms in total. The summed E-state index contributed by atoms with van der Waals surface area (Å²) in [7, 11) is 2.03. The first-order valence-electron chi connectivity index (χ1n) is 6.27. The lowest BCUT2D eigenvalue weighted by Crippen LogP contribution is -2.18. The van der Waals surface area contributed by atoms with Gasteiger partial charge >= 0.3 is 0 Å². The van der Waals surface area contributed by atoms with Gasteiger partial charge in [0.2, 0.25) is 0 Å². The van der Waals surface area contributed by atoms with Gasteiger partial charge in [0, 0.05) is 29.5 Å². The number of rotatable bonds is 4. The largest absolute Gasteiger partial charge is 0.341 e. The van der Waals surface area contributed by atoms with E-state index in [1.165, 1.54) is 6.33 Å². The number of halogens is 1. The van der Waals surface area contributed by atoms with Crippen LogP contribution in [0.15, 0.2) is 36.9 Å². The van der Waals surface area contributed by atoms with Crippen molar-refractivity contribution in [2.45, 2.75) is 13.1 Å². The average Bonchev–Trinajstić information content (AvgIpc) is 2.80. The summed E-state index contributed by atoms with van der Waals surface area (Å²) in [5.74, 6) is 0.918. The van der Waals surface area contributed by atoms with Crippen LogP contribution in [0, 0.1) is 0 Å². The van der Waals surface area contributed by atoms with Gasteiger partial charge in [0.15, 0.2) is 0 Å². The van der Waals surface area contributed by atoms with E-state index in [-0.39, 0.29) is 0 Å². The highest BCUT2D eigenvalue weighted by molar-refractivity contribution is 6.31. The molecule has 102 valence electrons. The van der Waals surface area contributed by atoms with Gasteiger partial charge in [0.05, 0.1) is 17.6 Å². The number of H-pyrrole nitrogens is 1. The molecule has 0 spiro atoms. The number of benzene rings is 1. The van der Waals surface area contributed by atoms with Crippen LogP contribution in [0.3, 0.4) is 0 Å². The number of fused-ring (bicyclic) bond motifs is 1. The van der Waals surface area contributed by atoms with Crippen LogP contribution in [0.1, 0.15) is 11.4 Å². The van der Waals surface area contributed by atoms with E-state index in [0.29, 0.717) is 5.02 Å². The predicted molar refractivity (Wildman–Crippen MR) is 78.3 cm³/mol. The van der Waals surface area contributed by atoms with Crippen molar-refractivity contribution in [2.75, 3.05) is 7.05 Å². The zero-order valence-corrected chi connectivity index (χ0v) is 11.8. The maximum Gasteiger partial charge on any atom is 0.121 e. The number of nitrogens with one attached hydrogen (secondary N) is 1. The standard InChI is InChI=1S/C14H14ClN5/c1-20(7-10-5-16-9-17-6-10)8-14-18-12-3-2-11(15)4-13(12)19-14/h2-6,9H,7-8H2,1H3,(H,18,19). The third-order valence-electron chi connectivity index (χ3n) is 2.98. The van der Waals surface area contributed by atoms with Gasteiger partial charge in [-0.15, -0.1) is 0 Å². The second kappa shape index (κ2) is 5.56. The van der Waals surface area contributed by atoms with Crippen LogP contribution in [-0.2, 0) is 13.1 Å². The Kier molecular flexibility index (Phi) is 3.62. The minimum atomic E-state index is 0.711. The molecule has 0 saturated carbocycles. The summed E-state index contributed by atoms with van der Waals surface area (Å²) in [4.78, 5) is 18.0. The summed E-state index contributed by atoms with van der Waals surface area (Å²) in [5, 5.41) is 0.711. The first-order chi connectivity index (χ1) is 9.70. The molecule has 0 aliphatic carbocycles. The molecule has 0 radical (unpaired) electrons. The molecule has 0 amide bonds. The molecule has 0 fully saturated rings. The summed E-state index contributed by atoms with van der Waals surface area (Å²) >= 11 is 5.97. The molecule has 0 unspecified atom stereocenters. The molecule has 0 bridgehead atoms. The summed E-state index contributed by atoms with van der Waals surface area (Å²) in [6.45, 7) is 1.50. The quantitative estimate of drug-likeness (QED) is 0.801. The Morgan fingerprint density at radius 2 is 2.00 bits per heavy atom. The Morgan fingerprint density at radius 1 is 1.20 bits per heavy atom. The fraction of sp³-hybridized carbons (Fsp3) is 0.214. The van der Waals surface area contributed by atoms with Gasteiger partial charge in [-0.3, -0.25) is 4.90 Å². The van der Waals surface area contributed by atoms with Crippen LogP contribution in [0.4, 0.5) is 0 Å². The van der Waals surface area contributed by atoms with Gasteiger partial charge in [-0.25, -0.2) is 15.0 Å². The number of hydrogen-bond acceptors (Lipinski definition) is 4. The van der Waals surface area contributed by atoms with Gasteiger partial charge in [0.1, 0.15) is 12.2 Å². The lowest BCUT2D eigenvalue weighted by Gasteiger charge is -2.14. The van der Waals surface area contributed by atoms with Gasteiger partial charge in [-0.2, -0.15) is 0 Å². The van der Waals surface area contributed by atoms with E-state index in [4.69, 9.17) is 11.6 Å². The van der Waals surface area contributed by atoms with Crippen molar-refractivity contribution in [3.05, 3.63) is 53.3 Å². The van der Waals surface area contributed by atoms with Crippen LogP contribution in [0.2, 0.25) is 5.02 Å². The van der Waals surface area contributed by atoms with E-state index in [9.17, 15) is 0 Å². The second-order valence-electron chi connectivity index (χ2n) is 4.76. The Balaban J connectivity index is 1.72. The number of aromatic nitrogens is 4. The molecule has 1 aromatic carbocycles. The molecule has 2 heterocycles. The highest BCUT2D eigenvalue weighted by Crippen LogP contribution is 2.17. The fourth-order valence-electron chi connectivity index (χ4n) is 2.14. The number of nitrogens with zero attached hydrogens (tertiary/aromatic N) is 4. The molecule has 0 atom stereocenters. The third kappa shape index (κ3) is 2.95. The van der Waals surface area contributed by atoms with E-state index >= 15 is 0 Å². The van der Waals surface area contributed by atoms with Crippen molar-refractivity contribution in [1.29, 1.82) is 0 Å². The topological polar surface area (TPSA) is 57.7 Å². The molecular weight excluding hydrogens is 274 g/mol. The zero-order valence-electron chi connectivity index (χ0n) is 11.0. The number of hydrogen-bond donors (Lipinski definition) is 1. The van der Waals surface area contributed by atoms with Crippen LogP contribution in [0.5, 0.6) is 0 Å². The minimum absolute atomic E-state index is 0.711. The summed E-state index contributed by atoms with van der Waals surface area (Å²) in [6, 6.07) is 5.65. The molecule has 20 heavy (non-hydrogen) atoms. The normalized spacial score (nSPS) is 11.3. The van der Waals surface area contributed by atoms with Crippen LogP contribution in [-0.4, -0.2) is 31.9 Å². The Labute approximate surface area is 121 Å². The molecular formula is C14H14ClN5. The summed E-state index contributed by atoms with van der Waals surface area (Å²) < 4.78 is 0. The summed E-state index contributed by atoms with van der Waals surface area (Å²) in [5.41, 5.74) is 2.97. The maximum absolute atomic E-state index is 5.97. The highest BCUT2D eigenvalue weighted by Gasteiger charge is 2.07. The molecule has 0 aliphatic heterocycles. The SMILES string of the molecule is CN(Cc1cncnc1)Cc1nc2ccc(Cl)cc2[nH]1. The Hall–Kier alpha value is -1.98. The zero-order chi connectivity index (χ0) is 13.9. The maximum atomic E-state index is 5.97. The van der Waals surface area contributed by atoms with Crippen LogP contribution in [0.25, 0.3) is 11.0 Å². The predicted octanol–water partition coefficient (Wildman–Crippen LogP) is 2.64. The second-order valence-corrected chi connectivity index (χ2v) is 5.20. The van der Waals surface area contributed by atoms with E-state index in [1.807, 2.05) is 37.6 Å². The molecule has 1 N–H and O–H groups in total. The Bertz CT molecular complexity index is 710. The first-order valence-corrected chi connectivity index (χ1v) is 6.65. The molecule has 0 aliphatic rings. The van der Waals surface area contributed by atoms with Gasteiger partial charge in [-0.1, -0.05) is 11.6 Å². The number of imidazole rings is 1. The van der Waals surface area contributed by atoms with E-state index in [1.54, 1.807) is 0 Å². The van der Waals surface area contributed by atoms with Crippen molar-refractivity contribution >= 4 is 22.6 Å². The van der Waals surface area contributed by atoms with E-state index in [0.717, 1.165) is 35.5 Å². The summed E-state index contributed by atoms with van der Waals surface area (Å²) in [6.07, 6.45) is 5.18. The van der Waals surface area contributed by atoms with Crippen LogP contribution >= 0.6 is 11.6 Å². The van der Waals surface area contributed by atoms with Crippen molar-refractivity contribution < 1.29 is 0 Å². The van der Waals surface area contributed by atoms with Crippen LogP contribution < -0.4 is 0 Å². The number of aromatic amines is 1. The van der Waals surface area contributed by atoms with Crippen molar-refractivity contribution in [2.24, 2.45) is 0 Å². The Morgan fingerprint density at radius 3 is 2.80 bits per heavy atom. The van der Waals surface area contributed by atoms with Gasteiger partial charge in [-0.05, 0) is 25.2 Å². The minimum Gasteiger partial charge on any atom is -0.341 e. The van der Waals surface area contributed by atoms with Crippen molar-refractivity contribution in [1.82, 2.24) is 24.8 Å². The van der Waals surface area contributed by atoms with Crippen molar-refractivity contribution in [3.63, 3.8) is 0 Å². The monoisotopic (exact) mass is 287 g/mol. The molecule has 3 rings (SSSR count). The molecule has 3 aromatic rings. The third-order valence-corrected chi connectivity index (χ3v) is 3.21. The highest BCUT2D eigenvalue weighted by atomic mass is 35.5. The van der Waals surface area contributed by atoms with Gasteiger partial charge < -0.3 is 4.98 Å². The average molecular weight is 288 g/mol. The lowest BCUT2D eigenvalue weighted by atomic mass is 10.3. The first kappa shape index (κ1) is 13.0. The molecule has 2 aromatic heterocycles. The molecule has 0 saturated heterocycles. The van der Waals surface area contributed by atoms with E-state index in [2.05, 4.69) is 24.8 Å². The lowest BCUT2D eigenvalue weighted by molar-refractivity contribution is 0.311. The smallest absolute Gasteiger partial charge is 0.121 e. The fourth-order valence-corrected chi connectivity index (χ4v) is 2.32. The van der Waals surface area contributed by atoms with Crippen molar-refractivity contribution in [3.8, 4) is 0 Å². The van der Waals surface area contributed by atoms with E-state index < -0.39 is 0 Å². The molecule has 6 heteroatoms.